The number of nitrogens with zero attached hydrogens (tertiary/aromatic N) is 2. The van der Waals surface area contributed by atoms with Crippen LogP contribution in [0.15, 0.2) is 30.5 Å². The highest BCUT2D eigenvalue weighted by atomic mass is 16.5. The van der Waals surface area contributed by atoms with Crippen LogP contribution in [0.25, 0.3) is 0 Å². The zero-order valence-electron chi connectivity index (χ0n) is 12.2. The fourth-order valence-electron chi connectivity index (χ4n) is 2.04. The molecule has 1 aromatic heterocycles. The second-order valence-electron chi connectivity index (χ2n) is 4.60. The first kappa shape index (κ1) is 14.4. The van der Waals surface area contributed by atoms with E-state index in [1.807, 2.05) is 31.3 Å². The summed E-state index contributed by atoms with van der Waals surface area (Å²) in [6.07, 6.45) is 2.04. The molecular weight excluding hydrogens is 254 g/mol. The molecule has 5 heteroatoms. The molecule has 0 amide bonds. The molecule has 0 bridgehead atoms. The number of aromatic nitrogens is 2. The molecule has 5 nitrogen and oxygen atoms in total. The number of benzene rings is 1. The number of aryl methyl sites for hydroxylation is 1. The van der Waals surface area contributed by atoms with E-state index in [1.54, 1.807) is 14.2 Å². The lowest BCUT2D eigenvalue weighted by Crippen LogP contribution is -2.12. The summed E-state index contributed by atoms with van der Waals surface area (Å²) >= 11 is 0. The quantitative estimate of drug-likeness (QED) is 0.788. The summed E-state index contributed by atoms with van der Waals surface area (Å²) in [5.74, 6) is 1.73. The second kappa shape index (κ2) is 6.96. The zero-order chi connectivity index (χ0) is 14.4. The van der Waals surface area contributed by atoms with Gasteiger partial charge in [-0.25, -0.2) is 4.98 Å². The van der Waals surface area contributed by atoms with Crippen molar-refractivity contribution in [2.45, 2.75) is 13.5 Å². The van der Waals surface area contributed by atoms with Gasteiger partial charge in [0.05, 0.1) is 26.0 Å². The summed E-state index contributed by atoms with van der Waals surface area (Å²) in [7, 11) is 3.37. The Morgan fingerprint density at radius 2 is 2.15 bits per heavy atom. The first-order valence-corrected chi connectivity index (χ1v) is 6.62. The number of hydrogen-bond acceptors (Lipinski definition) is 4. The molecule has 1 N–H and O–H groups in total. The molecule has 0 aliphatic carbocycles. The van der Waals surface area contributed by atoms with E-state index in [0.29, 0.717) is 6.61 Å². The van der Waals surface area contributed by atoms with E-state index in [-0.39, 0.29) is 0 Å². The van der Waals surface area contributed by atoms with E-state index < -0.39 is 0 Å². The van der Waals surface area contributed by atoms with Gasteiger partial charge in [-0.15, -0.1) is 0 Å². The number of imidazole rings is 1. The van der Waals surface area contributed by atoms with E-state index in [1.165, 1.54) is 5.56 Å². The molecule has 0 fully saturated rings. The van der Waals surface area contributed by atoms with Crippen LogP contribution < -0.4 is 10.1 Å². The van der Waals surface area contributed by atoms with Gasteiger partial charge in [-0.1, -0.05) is 12.1 Å². The second-order valence-corrected chi connectivity index (χ2v) is 4.60. The number of ether oxygens (including phenoxy) is 2. The van der Waals surface area contributed by atoms with Crippen LogP contribution in [0.1, 0.15) is 11.3 Å². The highest BCUT2D eigenvalue weighted by Crippen LogP contribution is 2.16. The first-order valence-electron chi connectivity index (χ1n) is 6.62. The van der Waals surface area contributed by atoms with Crippen molar-refractivity contribution >= 4 is 5.95 Å². The Hall–Kier alpha value is -2.01. The van der Waals surface area contributed by atoms with Gasteiger partial charge < -0.3 is 19.4 Å². The Morgan fingerprint density at radius 3 is 2.90 bits per heavy atom. The summed E-state index contributed by atoms with van der Waals surface area (Å²) in [5, 5.41) is 3.28. The maximum atomic E-state index is 5.25. The number of methoxy groups -OCH3 is 2. The van der Waals surface area contributed by atoms with Crippen molar-refractivity contribution in [2.75, 3.05) is 32.7 Å². The smallest absolute Gasteiger partial charge is 0.203 e. The van der Waals surface area contributed by atoms with Crippen molar-refractivity contribution in [3.63, 3.8) is 0 Å². The fraction of sp³-hybridized carbons (Fsp3) is 0.400. The van der Waals surface area contributed by atoms with Gasteiger partial charge in [0.2, 0.25) is 5.95 Å². The third-order valence-corrected chi connectivity index (χ3v) is 2.97. The molecule has 0 aliphatic heterocycles. The lowest BCUT2D eigenvalue weighted by Gasteiger charge is -2.10. The maximum Gasteiger partial charge on any atom is 0.203 e. The van der Waals surface area contributed by atoms with E-state index in [4.69, 9.17) is 9.47 Å². The molecule has 0 aliphatic rings. The standard InChI is InChI=1S/C15H21N3O2/c1-12-10-18(15(17-12)16-7-8-19-2)11-13-5-4-6-14(9-13)20-3/h4-6,9-10H,7-8,11H2,1-3H3,(H,16,17). The van der Waals surface area contributed by atoms with Crippen molar-refractivity contribution in [1.82, 2.24) is 9.55 Å². The van der Waals surface area contributed by atoms with Crippen molar-refractivity contribution < 1.29 is 9.47 Å². The third kappa shape index (κ3) is 3.74. The summed E-state index contributed by atoms with van der Waals surface area (Å²) in [6, 6.07) is 8.06. The van der Waals surface area contributed by atoms with Crippen LogP contribution in [0.2, 0.25) is 0 Å². The summed E-state index contributed by atoms with van der Waals surface area (Å²) in [4.78, 5) is 4.49. The summed E-state index contributed by atoms with van der Waals surface area (Å²) in [5.41, 5.74) is 2.17. The molecule has 20 heavy (non-hydrogen) atoms. The average molecular weight is 275 g/mol. The Balaban J connectivity index is 2.11. The van der Waals surface area contributed by atoms with Gasteiger partial charge in [-0.2, -0.15) is 0 Å². The molecule has 108 valence electrons. The highest BCUT2D eigenvalue weighted by Gasteiger charge is 2.06. The minimum atomic E-state index is 0.658. The molecular formula is C15H21N3O2. The third-order valence-electron chi connectivity index (χ3n) is 2.97. The van der Waals surface area contributed by atoms with E-state index in [9.17, 15) is 0 Å². The predicted molar refractivity (Wildman–Crippen MR) is 79.4 cm³/mol. The van der Waals surface area contributed by atoms with Crippen molar-refractivity contribution in [3.8, 4) is 5.75 Å². The van der Waals surface area contributed by atoms with Crippen LogP contribution in [0.3, 0.4) is 0 Å². The SMILES string of the molecule is COCCNc1nc(C)cn1Cc1cccc(OC)c1. The molecule has 1 aromatic carbocycles. The van der Waals surface area contributed by atoms with E-state index in [2.05, 4.69) is 20.9 Å². The molecule has 0 saturated carbocycles. The number of hydrogen-bond donors (Lipinski definition) is 1. The van der Waals surface area contributed by atoms with Gasteiger partial charge in [0.15, 0.2) is 0 Å². The fourth-order valence-corrected chi connectivity index (χ4v) is 2.04. The molecule has 0 unspecified atom stereocenters. The Morgan fingerprint density at radius 1 is 1.30 bits per heavy atom. The minimum absolute atomic E-state index is 0.658. The highest BCUT2D eigenvalue weighted by molar-refractivity contribution is 5.33. The topological polar surface area (TPSA) is 48.3 Å². The Labute approximate surface area is 119 Å². The Kier molecular flexibility index (Phi) is 5.01. The Bertz CT molecular complexity index is 552. The van der Waals surface area contributed by atoms with Crippen LogP contribution in [-0.2, 0) is 11.3 Å². The van der Waals surface area contributed by atoms with E-state index >= 15 is 0 Å². The lowest BCUT2D eigenvalue weighted by molar-refractivity contribution is 0.210. The van der Waals surface area contributed by atoms with Crippen LogP contribution >= 0.6 is 0 Å². The molecule has 0 spiro atoms. The molecule has 2 aromatic rings. The molecule has 2 rings (SSSR count). The van der Waals surface area contributed by atoms with Gasteiger partial charge >= 0.3 is 0 Å². The number of nitrogens with one attached hydrogen (secondary N) is 1. The van der Waals surface area contributed by atoms with Crippen LogP contribution in [-0.4, -0.2) is 36.9 Å². The summed E-state index contributed by atoms with van der Waals surface area (Å²) in [6.45, 7) is 4.15. The average Bonchev–Trinajstić information content (AvgIpc) is 2.79. The van der Waals surface area contributed by atoms with Crippen molar-refractivity contribution in [2.24, 2.45) is 0 Å². The van der Waals surface area contributed by atoms with Crippen LogP contribution in [0.4, 0.5) is 5.95 Å². The van der Waals surface area contributed by atoms with Crippen molar-refractivity contribution in [1.29, 1.82) is 0 Å². The zero-order valence-corrected chi connectivity index (χ0v) is 12.2. The van der Waals surface area contributed by atoms with E-state index in [0.717, 1.165) is 30.5 Å². The van der Waals surface area contributed by atoms with Gasteiger partial charge in [-0.05, 0) is 24.6 Å². The van der Waals surface area contributed by atoms with Crippen LogP contribution in [0.5, 0.6) is 5.75 Å². The normalized spacial score (nSPS) is 10.6. The molecule has 1 heterocycles. The summed E-state index contributed by atoms with van der Waals surface area (Å²) < 4.78 is 12.4. The van der Waals surface area contributed by atoms with Gasteiger partial charge in [-0.3, -0.25) is 0 Å². The first-order chi connectivity index (χ1) is 9.72. The molecule has 0 atom stereocenters. The predicted octanol–water partition coefficient (Wildman–Crippen LogP) is 2.31. The van der Waals surface area contributed by atoms with Crippen LogP contribution in [0, 0.1) is 6.92 Å². The number of rotatable bonds is 7. The van der Waals surface area contributed by atoms with Gasteiger partial charge in [0.1, 0.15) is 5.75 Å². The van der Waals surface area contributed by atoms with Gasteiger partial charge in [0, 0.05) is 19.9 Å². The minimum Gasteiger partial charge on any atom is -0.497 e. The lowest BCUT2D eigenvalue weighted by atomic mass is 10.2. The maximum absolute atomic E-state index is 5.25. The van der Waals surface area contributed by atoms with Gasteiger partial charge in [0.25, 0.3) is 0 Å². The number of anilines is 1. The molecule has 0 saturated heterocycles. The van der Waals surface area contributed by atoms with Crippen molar-refractivity contribution in [3.05, 3.63) is 41.7 Å². The monoisotopic (exact) mass is 275 g/mol. The largest absolute Gasteiger partial charge is 0.497 e. The molecule has 0 radical (unpaired) electrons.